The molecule has 0 bridgehead atoms. The third-order valence-corrected chi connectivity index (χ3v) is 2.60. The number of nitrogens with zero attached hydrogens (tertiary/aromatic N) is 2. The van der Waals surface area contributed by atoms with Gasteiger partial charge in [0.25, 0.3) is 0 Å². The third-order valence-electron chi connectivity index (χ3n) is 2.60. The minimum Gasteiger partial charge on any atom is -0.380 e. The molecule has 1 aromatic carbocycles. The van der Waals surface area contributed by atoms with Gasteiger partial charge in [0.05, 0.1) is 12.3 Å². The Balaban J connectivity index is 2.35. The maximum Gasteiger partial charge on any atom is 0.207 e. The number of benzene rings is 1. The molecular formula is C14H17N3O. The molecule has 1 heterocycles. The van der Waals surface area contributed by atoms with E-state index in [2.05, 4.69) is 29.0 Å². The van der Waals surface area contributed by atoms with Crippen molar-refractivity contribution in [1.29, 1.82) is 0 Å². The smallest absolute Gasteiger partial charge is 0.207 e. The van der Waals surface area contributed by atoms with Crippen LogP contribution in [-0.4, -0.2) is 23.2 Å². The Hall–Kier alpha value is -2.07. The van der Waals surface area contributed by atoms with Crippen LogP contribution in [0.1, 0.15) is 5.56 Å². The molecule has 0 saturated carbocycles. The van der Waals surface area contributed by atoms with Crippen LogP contribution in [0, 0.1) is 0 Å². The van der Waals surface area contributed by atoms with Crippen LogP contribution >= 0.6 is 0 Å². The summed E-state index contributed by atoms with van der Waals surface area (Å²) in [5, 5.41) is 3.20. The molecule has 1 N–H and O–H groups in total. The van der Waals surface area contributed by atoms with E-state index in [1.165, 1.54) is 0 Å². The first-order valence-corrected chi connectivity index (χ1v) is 5.82. The summed E-state index contributed by atoms with van der Waals surface area (Å²) in [4.78, 5) is 4.29. The second-order valence-electron chi connectivity index (χ2n) is 3.85. The van der Waals surface area contributed by atoms with Crippen molar-refractivity contribution >= 4 is 5.95 Å². The molecular weight excluding hydrogens is 226 g/mol. The molecule has 0 amide bonds. The molecule has 0 fully saturated rings. The van der Waals surface area contributed by atoms with Crippen LogP contribution < -0.4 is 5.32 Å². The van der Waals surface area contributed by atoms with Crippen molar-refractivity contribution in [2.24, 2.45) is 0 Å². The molecule has 0 saturated heterocycles. The molecule has 4 nitrogen and oxygen atoms in total. The van der Waals surface area contributed by atoms with Gasteiger partial charge in [-0.05, 0) is 6.07 Å². The Morgan fingerprint density at radius 1 is 1.44 bits per heavy atom. The Morgan fingerprint density at radius 3 is 3.06 bits per heavy atom. The highest BCUT2D eigenvalue weighted by Gasteiger charge is 2.07. The fraction of sp³-hybridized carbons (Fsp3) is 0.214. The van der Waals surface area contributed by atoms with Crippen molar-refractivity contribution in [3.63, 3.8) is 0 Å². The van der Waals surface area contributed by atoms with Crippen molar-refractivity contribution in [1.82, 2.24) is 9.55 Å². The number of aromatic nitrogens is 2. The summed E-state index contributed by atoms with van der Waals surface area (Å²) in [5.74, 6) is 0.804. The Bertz CT molecular complexity index is 519. The van der Waals surface area contributed by atoms with E-state index in [1.54, 1.807) is 19.4 Å². The Kier molecular flexibility index (Phi) is 4.15. The van der Waals surface area contributed by atoms with Gasteiger partial charge < -0.3 is 10.1 Å². The average Bonchev–Trinajstić information content (AvgIpc) is 2.85. The topological polar surface area (TPSA) is 39.1 Å². The summed E-state index contributed by atoms with van der Waals surface area (Å²) in [6.45, 7) is 4.95. The molecule has 18 heavy (non-hydrogen) atoms. The van der Waals surface area contributed by atoms with E-state index in [1.807, 2.05) is 22.9 Å². The van der Waals surface area contributed by atoms with Crippen LogP contribution in [0.5, 0.6) is 0 Å². The summed E-state index contributed by atoms with van der Waals surface area (Å²) in [6, 6.07) is 8.11. The lowest BCUT2D eigenvalue weighted by molar-refractivity contribution is 0.185. The minimum atomic E-state index is 0.579. The summed E-state index contributed by atoms with van der Waals surface area (Å²) in [5.41, 5.74) is 2.20. The minimum absolute atomic E-state index is 0.579. The normalized spacial score (nSPS) is 10.3. The zero-order chi connectivity index (χ0) is 12.8. The monoisotopic (exact) mass is 243 g/mol. The molecule has 2 rings (SSSR count). The Morgan fingerprint density at radius 2 is 2.28 bits per heavy atom. The van der Waals surface area contributed by atoms with Crippen molar-refractivity contribution in [3.05, 3.63) is 54.9 Å². The third kappa shape index (κ3) is 2.60. The maximum atomic E-state index is 5.22. The predicted octanol–water partition coefficient (Wildman–Crippen LogP) is 2.62. The van der Waals surface area contributed by atoms with Crippen LogP contribution in [0.25, 0.3) is 5.69 Å². The van der Waals surface area contributed by atoms with Crippen LogP contribution in [0.3, 0.4) is 0 Å². The summed E-state index contributed by atoms with van der Waals surface area (Å²) >= 11 is 0. The highest BCUT2D eigenvalue weighted by atomic mass is 16.5. The lowest BCUT2D eigenvalue weighted by atomic mass is 10.2. The zero-order valence-corrected chi connectivity index (χ0v) is 10.5. The molecule has 0 atom stereocenters. The standard InChI is InChI=1S/C14H17N3O/c1-3-8-15-14-16-9-10-17(14)13-7-5-4-6-12(13)11-18-2/h3-7,9-10H,1,8,11H2,2H3,(H,15,16). The van der Waals surface area contributed by atoms with Gasteiger partial charge in [-0.2, -0.15) is 0 Å². The van der Waals surface area contributed by atoms with Crippen molar-refractivity contribution in [2.45, 2.75) is 6.61 Å². The number of para-hydroxylation sites is 1. The molecule has 0 spiro atoms. The van der Waals surface area contributed by atoms with E-state index < -0.39 is 0 Å². The van der Waals surface area contributed by atoms with Gasteiger partial charge in [0.15, 0.2) is 0 Å². The number of ether oxygens (including phenoxy) is 1. The molecule has 1 aromatic heterocycles. The maximum absolute atomic E-state index is 5.22. The number of hydrogen-bond acceptors (Lipinski definition) is 3. The van der Waals surface area contributed by atoms with Gasteiger partial charge in [0.1, 0.15) is 0 Å². The van der Waals surface area contributed by atoms with Gasteiger partial charge in [-0.15, -0.1) is 6.58 Å². The molecule has 94 valence electrons. The quantitative estimate of drug-likeness (QED) is 0.793. The number of hydrogen-bond donors (Lipinski definition) is 1. The van der Waals surface area contributed by atoms with Gasteiger partial charge in [-0.1, -0.05) is 24.3 Å². The fourth-order valence-corrected chi connectivity index (χ4v) is 1.82. The van der Waals surface area contributed by atoms with Gasteiger partial charge in [-0.25, -0.2) is 4.98 Å². The van der Waals surface area contributed by atoms with Crippen molar-refractivity contribution in [3.8, 4) is 5.69 Å². The van der Waals surface area contributed by atoms with E-state index in [0.717, 1.165) is 17.2 Å². The summed E-state index contributed by atoms with van der Waals surface area (Å²) < 4.78 is 7.23. The number of methoxy groups -OCH3 is 1. The molecule has 0 unspecified atom stereocenters. The molecule has 0 aliphatic rings. The molecule has 4 heteroatoms. The zero-order valence-electron chi connectivity index (χ0n) is 10.5. The van der Waals surface area contributed by atoms with Gasteiger partial charge >= 0.3 is 0 Å². The van der Waals surface area contributed by atoms with E-state index in [0.29, 0.717) is 13.2 Å². The first-order valence-electron chi connectivity index (χ1n) is 5.82. The first kappa shape index (κ1) is 12.4. The molecule has 2 aromatic rings. The molecule has 0 aliphatic carbocycles. The van der Waals surface area contributed by atoms with Gasteiger partial charge in [0.2, 0.25) is 5.95 Å². The number of anilines is 1. The first-order chi connectivity index (χ1) is 8.86. The lowest BCUT2D eigenvalue weighted by Crippen LogP contribution is -2.07. The predicted molar refractivity (Wildman–Crippen MR) is 73.0 cm³/mol. The van der Waals surface area contributed by atoms with E-state index in [4.69, 9.17) is 4.74 Å². The van der Waals surface area contributed by atoms with Crippen LogP contribution in [0.15, 0.2) is 49.3 Å². The van der Waals surface area contributed by atoms with Crippen LogP contribution in [-0.2, 0) is 11.3 Å². The van der Waals surface area contributed by atoms with Gasteiger partial charge in [-0.3, -0.25) is 4.57 Å². The Labute approximate surface area is 107 Å². The van der Waals surface area contributed by atoms with Crippen LogP contribution in [0.2, 0.25) is 0 Å². The SMILES string of the molecule is C=CCNc1nccn1-c1ccccc1COC. The van der Waals surface area contributed by atoms with Crippen molar-refractivity contribution < 1.29 is 4.74 Å². The molecule has 0 radical (unpaired) electrons. The largest absolute Gasteiger partial charge is 0.380 e. The highest BCUT2D eigenvalue weighted by Crippen LogP contribution is 2.19. The second-order valence-corrected chi connectivity index (χ2v) is 3.85. The fourth-order valence-electron chi connectivity index (χ4n) is 1.82. The van der Waals surface area contributed by atoms with Crippen molar-refractivity contribution in [2.75, 3.05) is 19.0 Å². The van der Waals surface area contributed by atoms with Crippen LogP contribution in [0.4, 0.5) is 5.95 Å². The number of nitrogens with one attached hydrogen (secondary N) is 1. The summed E-state index contributed by atoms with van der Waals surface area (Å²) in [7, 11) is 1.70. The van der Waals surface area contributed by atoms with Gasteiger partial charge in [0, 0.05) is 31.6 Å². The average molecular weight is 243 g/mol. The second kappa shape index (κ2) is 6.02. The molecule has 0 aliphatic heterocycles. The van der Waals surface area contributed by atoms with E-state index in [-0.39, 0.29) is 0 Å². The van der Waals surface area contributed by atoms with E-state index in [9.17, 15) is 0 Å². The lowest BCUT2D eigenvalue weighted by Gasteiger charge is -2.12. The highest BCUT2D eigenvalue weighted by molar-refractivity contribution is 5.47. The summed E-state index contributed by atoms with van der Waals surface area (Å²) in [6.07, 6.45) is 5.51. The number of rotatable bonds is 6. The van der Waals surface area contributed by atoms with E-state index >= 15 is 0 Å². The number of imidazole rings is 1.